The first-order valence-corrected chi connectivity index (χ1v) is 9.07. The second-order valence-electron chi connectivity index (χ2n) is 7.73. The Kier molecular flexibility index (Phi) is 6.20. The number of benzene rings is 1. The van der Waals surface area contributed by atoms with E-state index in [-0.39, 0.29) is 12.1 Å². The predicted octanol–water partition coefficient (Wildman–Crippen LogP) is 4.60. The minimum atomic E-state index is -0.507. The lowest BCUT2D eigenvalue weighted by Gasteiger charge is -2.32. The zero-order chi connectivity index (χ0) is 19.5. The van der Waals surface area contributed by atoms with Gasteiger partial charge in [-0.1, -0.05) is 23.8 Å². The van der Waals surface area contributed by atoms with Crippen LogP contribution in [0.4, 0.5) is 10.5 Å². The fourth-order valence-corrected chi connectivity index (χ4v) is 3.20. The lowest BCUT2D eigenvalue weighted by Crippen LogP contribution is -2.41. The van der Waals surface area contributed by atoms with E-state index in [0.717, 1.165) is 17.7 Å². The highest BCUT2D eigenvalue weighted by Crippen LogP contribution is 2.29. The minimum Gasteiger partial charge on any atom is -0.444 e. The number of nitriles is 1. The van der Waals surface area contributed by atoms with Crippen LogP contribution in [-0.2, 0) is 4.74 Å². The summed E-state index contributed by atoms with van der Waals surface area (Å²) in [6.45, 7) is 13.5. The molecule has 1 aromatic carbocycles. The Balaban J connectivity index is 2.18. The number of halogens is 1. The van der Waals surface area contributed by atoms with E-state index in [2.05, 4.69) is 17.5 Å². The van der Waals surface area contributed by atoms with Crippen molar-refractivity contribution in [3.8, 4) is 6.07 Å². The van der Waals surface area contributed by atoms with Gasteiger partial charge in [-0.15, -0.1) is 0 Å². The molecular formula is C20H26ClN3O2. The van der Waals surface area contributed by atoms with Crippen LogP contribution < -0.4 is 4.90 Å². The maximum absolute atomic E-state index is 12.3. The number of amides is 1. The van der Waals surface area contributed by atoms with Gasteiger partial charge >= 0.3 is 6.09 Å². The molecule has 0 radical (unpaired) electrons. The zero-order valence-corrected chi connectivity index (χ0v) is 16.6. The molecule has 5 nitrogen and oxygen atoms in total. The molecule has 0 aliphatic carbocycles. The molecule has 140 valence electrons. The van der Waals surface area contributed by atoms with Crippen molar-refractivity contribution in [3.05, 3.63) is 40.9 Å². The molecule has 1 atom stereocenters. The molecule has 0 unspecified atom stereocenters. The maximum atomic E-state index is 12.3. The van der Waals surface area contributed by atoms with Crippen molar-refractivity contribution in [2.75, 3.05) is 24.5 Å². The van der Waals surface area contributed by atoms with Crippen molar-refractivity contribution in [2.45, 2.75) is 45.8 Å². The first-order chi connectivity index (χ1) is 12.1. The second-order valence-corrected chi connectivity index (χ2v) is 8.14. The molecule has 0 aromatic heterocycles. The van der Waals surface area contributed by atoms with E-state index in [1.165, 1.54) is 0 Å². The van der Waals surface area contributed by atoms with Gasteiger partial charge in [0, 0.05) is 31.4 Å². The van der Waals surface area contributed by atoms with E-state index >= 15 is 0 Å². The Labute approximate surface area is 160 Å². The molecule has 1 aliphatic heterocycles. The number of likely N-dealkylation sites (tertiary alicyclic amines) is 1. The van der Waals surface area contributed by atoms with E-state index in [4.69, 9.17) is 21.6 Å². The Morgan fingerprint density at radius 2 is 2.19 bits per heavy atom. The van der Waals surface area contributed by atoms with E-state index in [1.807, 2.05) is 33.8 Å². The van der Waals surface area contributed by atoms with Gasteiger partial charge in [0.1, 0.15) is 11.7 Å². The van der Waals surface area contributed by atoms with Crippen molar-refractivity contribution in [1.82, 2.24) is 4.90 Å². The number of nitrogens with zero attached hydrogens (tertiary/aromatic N) is 3. The standard InChI is InChI=1S/C20H26ClN3O2/c1-14(2)12-24(16-7-6-15(11-22)18(21)10-16)17-8-9-23(13-17)19(25)26-20(3,4)5/h6-7,10,17H,1,8-9,12-13H2,2-5H3/t17-/m0/s1. The molecule has 1 heterocycles. The Morgan fingerprint density at radius 1 is 1.50 bits per heavy atom. The van der Waals surface area contributed by atoms with E-state index in [0.29, 0.717) is 30.2 Å². The number of carbonyl (C=O) groups is 1. The smallest absolute Gasteiger partial charge is 0.410 e. The van der Waals surface area contributed by atoms with Gasteiger partial charge < -0.3 is 14.5 Å². The summed E-state index contributed by atoms with van der Waals surface area (Å²) in [6, 6.07) is 7.64. The topological polar surface area (TPSA) is 56.6 Å². The van der Waals surface area contributed by atoms with Crippen LogP contribution in [0.3, 0.4) is 0 Å². The minimum absolute atomic E-state index is 0.142. The van der Waals surface area contributed by atoms with E-state index < -0.39 is 5.60 Å². The van der Waals surface area contributed by atoms with Crippen LogP contribution >= 0.6 is 11.6 Å². The quantitative estimate of drug-likeness (QED) is 0.721. The van der Waals surface area contributed by atoms with Crippen LogP contribution in [0.1, 0.15) is 39.7 Å². The molecule has 1 amide bonds. The van der Waals surface area contributed by atoms with Crippen LogP contribution in [0, 0.1) is 11.3 Å². The summed E-state index contributed by atoms with van der Waals surface area (Å²) in [7, 11) is 0. The summed E-state index contributed by atoms with van der Waals surface area (Å²) >= 11 is 6.21. The molecular weight excluding hydrogens is 350 g/mol. The summed E-state index contributed by atoms with van der Waals surface area (Å²) in [4.78, 5) is 16.3. The largest absolute Gasteiger partial charge is 0.444 e. The van der Waals surface area contributed by atoms with Gasteiger partial charge in [-0.05, 0) is 52.3 Å². The van der Waals surface area contributed by atoms with Crippen molar-refractivity contribution < 1.29 is 9.53 Å². The van der Waals surface area contributed by atoms with Crippen molar-refractivity contribution >= 4 is 23.4 Å². The monoisotopic (exact) mass is 375 g/mol. The van der Waals surface area contributed by atoms with Crippen LogP contribution in [0.15, 0.2) is 30.4 Å². The van der Waals surface area contributed by atoms with Crippen LogP contribution in [0.5, 0.6) is 0 Å². The van der Waals surface area contributed by atoms with Gasteiger partial charge in [0.2, 0.25) is 0 Å². The van der Waals surface area contributed by atoms with Gasteiger partial charge in [0.15, 0.2) is 0 Å². The SMILES string of the molecule is C=C(C)CN(c1ccc(C#N)c(Cl)c1)[C@H]1CCN(C(=O)OC(C)(C)C)C1. The Morgan fingerprint density at radius 3 is 2.73 bits per heavy atom. The molecule has 1 fully saturated rings. The van der Waals surface area contributed by atoms with Crippen molar-refractivity contribution in [2.24, 2.45) is 0 Å². The molecule has 26 heavy (non-hydrogen) atoms. The highest BCUT2D eigenvalue weighted by molar-refractivity contribution is 6.32. The summed E-state index contributed by atoms with van der Waals surface area (Å²) in [5.74, 6) is 0. The molecule has 0 saturated carbocycles. The molecule has 0 spiro atoms. The first kappa shape index (κ1) is 20.1. The fourth-order valence-electron chi connectivity index (χ4n) is 2.98. The van der Waals surface area contributed by atoms with E-state index in [1.54, 1.807) is 17.0 Å². The third-order valence-corrected chi connectivity index (χ3v) is 4.41. The number of hydrogen-bond donors (Lipinski definition) is 0. The second kappa shape index (κ2) is 8.01. The molecule has 0 N–H and O–H groups in total. The number of hydrogen-bond acceptors (Lipinski definition) is 4. The Bertz CT molecular complexity index is 734. The van der Waals surface area contributed by atoms with E-state index in [9.17, 15) is 4.79 Å². The lowest BCUT2D eigenvalue weighted by molar-refractivity contribution is 0.0292. The number of ether oxygens (including phenoxy) is 1. The van der Waals surface area contributed by atoms with Gasteiger partial charge in [-0.25, -0.2) is 4.79 Å². The molecule has 2 rings (SSSR count). The van der Waals surface area contributed by atoms with Gasteiger partial charge in [-0.2, -0.15) is 5.26 Å². The molecule has 1 aliphatic rings. The van der Waals surface area contributed by atoms with Crippen LogP contribution in [-0.4, -0.2) is 42.3 Å². The molecule has 1 saturated heterocycles. The molecule has 6 heteroatoms. The van der Waals surface area contributed by atoms with Crippen molar-refractivity contribution in [3.63, 3.8) is 0 Å². The summed E-state index contributed by atoms with van der Waals surface area (Å²) in [5, 5.41) is 9.50. The Hall–Kier alpha value is -2.19. The zero-order valence-electron chi connectivity index (χ0n) is 15.9. The average Bonchev–Trinajstić information content (AvgIpc) is 3.00. The van der Waals surface area contributed by atoms with Crippen LogP contribution in [0.25, 0.3) is 0 Å². The third-order valence-electron chi connectivity index (χ3n) is 4.10. The fraction of sp³-hybridized carbons (Fsp3) is 0.500. The summed E-state index contributed by atoms with van der Waals surface area (Å²) < 4.78 is 5.48. The maximum Gasteiger partial charge on any atom is 0.410 e. The molecule has 1 aromatic rings. The third kappa shape index (κ3) is 5.15. The van der Waals surface area contributed by atoms with Gasteiger partial charge in [-0.3, -0.25) is 0 Å². The van der Waals surface area contributed by atoms with Crippen LogP contribution in [0.2, 0.25) is 5.02 Å². The van der Waals surface area contributed by atoms with Gasteiger partial charge in [0.25, 0.3) is 0 Å². The predicted molar refractivity (Wildman–Crippen MR) is 105 cm³/mol. The lowest BCUT2D eigenvalue weighted by atomic mass is 10.1. The number of anilines is 1. The highest BCUT2D eigenvalue weighted by atomic mass is 35.5. The average molecular weight is 376 g/mol. The summed E-state index contributed by atoms with van der Waals surface area (Å²) in [5.41, 5.74) is 1.88. The van der Waals surface area contributed by atoms with Gasteiger partial charge in [0.05, 0.1) is 10.6 Å². The number of carbonyl (C=O) groups excluding carboxylic acids is 1. The number of rotatable bonds is 4. The van der Waals surface area contributed by atoms with Crippen molar-refractivity contribution in [1.29, 1.82) is 5.26 Å². The summed E-state index contributed by atoms with van der Waals surface area (Å²) in [6.07, 6.45) is 0.553. The molecule has 0 bridgehead atoms. The highest BCUT2D eigenvalue weighted by Gasteiger charge is 2.33. The normalized spacial score (nSPS) is 16.9. The first-order valence-electron chi connectivity index (χ1n) is 8.69.